The molecule has 1 unspecified atom stereocenters. The van der Waals surface area contributed by atoms with E-state index in [9.17, 15) is 4.79 Å². The highest BCUT2D eigenvalue weighted by Gasteiger charge is 2.10. The zero-order valence-corrected chi connectivity index (χ0v) is 11.5. The van der Waals surface area contributed by atoms with Gasteiger partial charge >= 0.3 is 0 Å². The van der Waals surface area contributed by atoms with E-state index in [4.69, 9.17) is 0 Å². The van der Waals surface area contributed by atoms with Crippen LogP contribution >= 0.6 is 0 Å². The van der Waals surface area contributed by atoms with Crippen LogP contribution in [0.1, 0.15) is 24.8 Å². The number of allylic oxidation sites excluding steroid dienone is 2. The first-order valence-electron chi connectivity index (χ1n) is 6.96. The number of rotatable bonds is 5. The van der Waals surface area contributed by atoms with Gasteiger partial charge in [0, 0.05) is 5.69 Å². The normalized spacial score (nSPS) is 18.3. The molecule has 0 fully saturated rings. The van der Waals surface area contributed by atoms with Gasteiger partial charge in [0.25, 0.3) is 0 Å². The summed E-state index contributed by atoms with van der Waals surface area (Å²) in [5.74, 6) is 0.701. The molecule has 1 aromatic carbocycles. The van der Waals surface area contributed by atoms with Gasteiger partial charge in [0.2, 0.25) is 5.91 Å². The van der Waals surface area contributed by atoms with Gasteiger partial charge in [-0.3, -0.25) is 4.79 Å². The number of aryl methyl sites for hydroxylation is 1. The molecule has 0 heterocycles. The van der Waals surface area contributed by atoms with E-state index in [0.717, 1.165) is 18.7 Å². The minimum atomic E-state index is 0.0233. The van der Waals surface area contributed by atoms with Crippen LogP contribution in [0.4, 0.5) is 5.69 Å². The van der Waals surface area contributed by atoms with Gasteiger partial charge in [0.05, 0.1) is 6.54 Å². The second kappa shape index (κ2) is 7.10. The lowest BCUT2D eigenvalue weighted by atomic mass is 9.94. The van der Waals surface area contributed by atoms with Gasteiger partial charge in [-0.1, -0.05) is 29.8 Å². The zero-order chi connectivity index (χ0) is 13.5. The molecule has 1 amide bonds. The van der Waals surface area contributed by atoms with Gasteiger partial charge in [0.1, 0.15) is 0 Å². The van der Waals surface area contributed by atoms with Crippen molar-refractivity contribution in [2.24, 2.45) is 5.92 Å². The van der Waals surface area contributed by atoms with Gasteiger partial charge in [-0.15, -0.1) is 0 Å². The Hall–Kier alpha value is -1.61. The Balaban J connectivity index is 1.67. The number of anilines is 1. The topological polar surface area (TPSA) is 41.1 Å². The monoisotopic (exact) mass is 258 g/mol. The van der Waals surface area contributed by atoms with Crippen LogP contribution in [0.2, 0.25) is 0 Å². The first-order valence-corrected chi connectivity index (χ1v) is 6.96. The molecule has 1 aliphatic carbocycles. The van der Waals surface area contributed by atoms with E-state index < -0.39 is 0 Å². The van der Waals surface area contributed by atoms with Crippen molar-refractivity contribution in [3.8, 4) is 0 Å². The second-order valence-electron chi connectivity index (χ2n) is 5.20. The van der Waals surface area contributed by atoms with Crippen LogP contribution in [0.3, 0.4) is 0 Å². The third kappa shape index (κ3) is 4.87. The highest BCUT2D eigenvalue weighted by molar-refractivity contribution is 5.92. The van der Waals surface area contributed by atoms with Crippen LogP contribution in [0, 0.1) is 12.8 Å². The molecule has 0 aliphatic heterocycles. The van der Waals surface area contributed by atoms with Crippen molar-refractivity contribution in [1.29, 1.82) is 0 Å². The summed E-state index contributed by atoms with van der Waals surface area (Å²) < 4.78 is 0. The quantitative estimate of drug-likeness (QED) is 0.797. The van der Waals surface area contributed by atoms with Crippen molar-refractivity contribution in [3.05, 3.63) is 42.0 Å². The maximum absolute atomic E-state index is 11.8. The van der Waals surface area contributed by atoms with Crippen molar-refractivity contribution < 1.29 is 4.79 Å². The maximum Gasteiger partial charge on any atom is 0.238 e. The summed E-state index contributed by atoms with van der Waals surface area (Å²) in [4.78, 5) is 11.8. The van der Waals surface area contributed by atoms with Gasteiger partial charge in [-0.25, -0.2) is 0 Å². The summed E-state index contributed by atoms with van der Waals surface area (Å²) in [6.07, 6.45) is 8.00. The van der Waals surface area contributed by atoms with Crippen molar-refractivity contribution in [2.75, 3.05) is 18.4 Å². The lowest BCUT2D eigenvalue weighted by Crippen LogP contribution is -2.32. The first-order chi connectivity index (χ1) is 9.24. The molecule has 3 nitrogen and oxygen atoms in total. The summed E-state index contributed by atoms with van der Waals surface area (Å²) in [6, 6.07) is 7.85. The van der Waals surface area contributed by atoms with Crippen molar-refractivity contribution in [3.63, 3.8) is 0 Å². The summed E-state index contributed by atoms with van der Waals surface area (Å²) in [6.45, 7) is 3.34. The zero-order valence-electron chi connectivity index (χ0n) is 11.5. The van der Waals surface area contributed by atoms with E-state index >= 15 is 0 Å². The molecule has 1 atom stereocenters. The molecule has 2 N–H and O–H groups in total. The van der Waals surface area contributed by atoms with Crippen LogP contribution < -0.4 is 10.6 Å². The summed E-state index contributed by atoms with van der Waals surface area (Å²) >= 11 is 0. The molecule has 102 valence electrons. The van der Waals surface area contributed by atoms with Gasteiger partial charge in [-0.05, 0) is 50.8 Å². The standard InChI is InChI=1S/C16H22N2O/c1-13-7-9-15(10-8-13)18-16(19)12-17-11-14-5-3-2-4-6-14/h2-3,7-10,14,17H,4-6,11-12H2,1H3,(H,18,19). The number of amides is 1. The lowest BCUT2D eigenvalue weighted by molar-refractivity contribution is -0.115. The lowest BCUT2D eigenvalue weighted by Gasteiger charge is -2.17. The highest BCUT2D eigenvalue weighted by atomic mass is 16.1. The number of hydrogen-bond donors (Lipinski definition) is 2. The molecule has 0 aromatic heterocycles. The predicted octanol–water partition coefficient (Wildman–Crippen LogP) is 2.88. The summed E-state index contributed by atoms with van der Waals surface area (Å²) in [7, 11) is 0. The molecule has 19 heavy (non-hydrogen) atoms. The van der Waals surface area contributed by atoms with Crippen molar-refractivity contribution in [2.45, 2.75) is 26.2 Å². The highest BCUT2D eigenvalue weighted by Crippen LogP contribution is 2.16. The number of carbonyl (C=O) groups is 1. The largest absolute Gasteiger partial charge is 0.325 e. The van der Waals surface area contributed by atoms with Crippen molar-refractivity contribution in [1.82, 2.24) is 5.32 Å². The molecular formula is C16H22N2O. The number of hydrogen-bond acceptors (Lipinski definition) is 2. The van der Waals surface area contributed by atoms with E-state index in [1.807, 2.05) is 31.2 Å². The second-order valence-corrected chi connectivity index (χ2v) is 5.20. The van der Waals surface area contributed by atoms with Crippen LogP contribution in [-0.2, 0) is 4.79 Å². The predicted molar refractivity (Wildman–Crippen MR) is 79.2 cm³/mol. The third-order valence-corrected chi connectivity index (χ3v) is 3.43. The Kier molecular flexibility index (Phi) is 5.16. The van der Waals surface area contributed by atoms with E-state index in [2.05, 4.69) is 22.8 Å². The molecule has 0 spiro atoms. The fraction of sp³-hybridized carbons (Fsp3) is 0.438. The molecular weight excluding hydrogens is 236 g/mol. The Morgan fingerprint density at radius 1 is 1.26 bits per heavy atom. The van der Waals surface area contributed by atoms with Gasteiger partial charge < -0.3 is 10.6 Å². The minimum Gasteiger partial charge on any atom is -0.325 e. The van der Waals surface area contributed by atoms with E-state index in [0.29, 0.717) is 12.5 Å². The Labute approximate surface area is 115 Å². The van der Waals surface area contributed by atoms with E-state index in [-0.39, 0.29) is 5.91 Å². The molecule has 0 saturated heterocycles. The number of benzene rings is 1. The summed E-state index contributed by atoms with van der Waals surface area (Å²) in [5.41, 5.74) is 2.06. The molecule has 0 bridgehead atoms. The molecule has 1 aromatic rings. The Bertz CT molecular complexity index is 437. The molecule has 0 radical (unpaired) electrons. The molecule has 3 heteroatoms. The average molecular weight is 258 g/mol. The molecule has 2 rings (SSSR count). The number of carbonyl (C=O) groups excluding carboxylic acids is 1. The van der Waals surface area contributed by atoms with Gasteiger partial charge in [-0.2, -0.15) is 0 Å². The Morgan fingerprint density at radius 2 is 2.05 bits per heavy atom. The SMILES string of the molecule is Cc1ccc(NC(=O)CNCC2CC=CCC2)cc1. The number of nitrogens with one attached hydrogen (secondary N) is 2. The minimum absolute atomic E-state index is 0.0233. The molecule has 0 saturated carbocycles. The fourth-order valence-electron chi connectivity index (χ4n) is 2.27. The summed E-state index contributed by atoms with van der Waals surface area (Å²) in [5, 5.41) is 6.13. The fourth-order valence-corrected chi connectivity index (χ4v) is 2.27. The maximum atomic E-state index is 11.8. The van der Waals surface area contributed by atoms with Gasteiger partial charge in [0.15, 0.2) is 0 Å². The van der Waals surface area contributed by atoms with Crippen LogP contribution in [0.25, 0.3) is 0 Å². The smallest absolute Gasteiger partial charge is 0.238 e. The van der Waals surface area contributed by atoms with Crippen LogP contribution in [0.5, 0.6) is 0 Å². The van der Waals surface area contributed by atoms with Crippen LogP contribution in [0.15, 0.2) is 36.4 Å². The van der Waals surface area contributed by atoms with Crippen LogP contribution in [-0.4, -0.2) is 19.0 Å². The van der Waals surface area contributed by atoms with E-state index in [1.165, 1.54) is 18.4 Å². The first kappa shape index (κ1) is 13.8. The molecule has 1 aliphatic rings. The van der Waals surface area contributed by atoms with Crippen molar-refractivity contribution >= 4 is 11.6 Å². The third-order valence-electron chi connectivity index (χ3n) is 3.43. The average Bonchev–Trinajstić information content (AvgIpc) is 2.43. The van der Waals surface area contributed by atoms with E-state index in [1.54, 1.807) is 0 Å². The Morgan fingerprint density at radius 3 is 2.74 bits per heavy atom.